The molecule has 1 aromatic heterocycles. The summed E-state index contributed by atoms with van der Waals surface area (Å²) in [4.78, 5) is 27.3. The van der Waals surface area contributed by atoms with Crippen molar-refractivity contribution < 1.29 is 14.3 Å². The first-order valence-electron chi connectivity index (χ1n) is 6.25. The van der Waals surface area contributed by atoms with Crippen LogP contribution >= 0.6 is 11.3 Å². The van der Waals surface area contributed by atoms with E-state index >= 15 is 0 Å². The van der Waals surface area contributed by atoms with E-state index in [2.05, 4.69) is 15.6 Å². The molecular formula is C12H19N3O3S. The zero-order valence-corrected chi connectivity index (χ0v) is 12.2. The van der Waals surface area contributed by atoms with E-state index in [0.717, 1.165) is 6.42 Å². The second kappa shape index (κ2) is 7.73. The maximum atomic E-state index is 11.7. The van der Waals surface area contributed by atoms with Crippen molar-refractivity contribution in [1.82, 2.24) is 10.3 Å². The molecular weight excluding hydrogens is 266 g/mol. The minimum Gasteiger partial charge on any atom is -0.461 e. The van der Waals surface area contributed by atoms with Gasteiger partial charge in [0, 0.05) is 6.54 Å². The molecule has 0 radical (unpaired) electrons. The largest absolute Gasteiger partial charge is 0.461 e. The first-order chi connectivity index (χ1) is 9.10. The molecule has 0 aliphatic carbocycles. The Morgan fingerprint density at radius 3 is 2.84 bits per heavy atom. The Morgan fingerprint density at radius 2 is 2.21 bits per heavy atom. The van der Waals surface area contributed by atoms with Crippen molar-refractivity contribution in [2.45, 2.75) is 33.2 Å². The van der Waals surface area contributed by atoms with Crippen LogP contribution in [0.25, 0.3) is 0 Å². The number of ether oxygens (including phenoxy) is 1. The van der Waals surface area contributed by atoms with E-state index in [4.69, 9.17) is 4.74 Å². The molecule has 19 heavy (non-hydrogen) atoms. The van der Waals surface area contributed by atoms with Crippen molar-refractivity contribution in [3.8, 4) is 0 Å². The molecule has 2 N–H and O–H groups in total. The molecule has 0 bridgehead atoms. The number of hydrogen-bond acceptors (Lipinski definition) is 6. The fourth-order valence-corrected chi connectivity index (χ4v) is 2.11. The van der Waals surface area contributed by atoms with Crippen LogP contribution in [0.3, 0.4) is 0 Å². The molecule has 0 saturated carbocycles. The van der Waals surface area contributed by atoms with Crippen molar-refractivity contribution in [2.75, 3.05) is 18.5 Å². The average molecular weight is 285 g/mol. The third-order valence-corrected chi connectivity index (χ3v) is 3.08. The van der Waals surface area contributed by atoms with Gasteiger partial charge in [0.1, 0.15) is 11.0 Å². The predicted octanol–water partition coefficient (Wildman–Crippen LogP) is 1.65. The Kier molecular flexibility index (Phi) is 6.27. The van der Waals surface area contributed by atoms with Gasteiger partial charge in [-0.15, -0.1) is 11.3 Å². The van der Waals surface area contributed by atoms with E-state index in [9.17, 15) is 9.59 Å². The molecule has 106 valence electrons. The highest BCUT2D eigenvalue weighted by Crippen LogP contribution is 2.21. The summed E-state index contributed by atoms with van der Waals surface area (Å²) >= 11 is 1.27. The van der Waals surface area contributed by atoms with Gasteiger partial charge in [-0.25, -0.2) is 9.78 Å². The highest BCUT2D eigenvalue weighted by Gasteiger charge is 2.20. The van der Waals surface area contributed by atoms with E-state index in [1.165, 1.54) is 11.3 Å². The van der Waals surface area contributed by atoms with E-state index in [1.54, 1.807) is 19.4 Å². The normalized spacial score (nSPS) is 11.7. The summed E-state index contributed by atoms with van der Waals surface area (Å²) in [5.41, 5.74) is 1.77. The van der Waals surface area contributed by atoms with Gasteiger partial charge < -0.3 is 15.4 Å². The molecule has 7 heteroatoms. The van der Waals surface area contributed by atoms with Crippen LogP contribution in [-0.2, 0) is 9.53 Å². The Balaban J connectivity index is 2.64. The molecule has 0 fully saturated rings. The molecule has 0 spiro atoms. The topological polar surface area (TPSA) is 80.3 Å². The lowest BCUT2D eigenvalue weighted by Crippen LogP contribution is -2.38. The smallest absolute Gasteiger partial charge is 0.360 e. The lowest BCUT2D eigenvalue weighted by atomic mass is 10.3. The molecule has 1 rings (SSSR count). The van der Waals surface area contributed by atoms with Gasteiger partial charge in [0.2, 0.25) is 5.91 Å². The number of nitrogens with one attached hydrogen (secondary N) is 2. The Labute approximate surface area is 116 Å². The van der Waals surface area contributed by atoms with E-state index in [1.807, 2.05) is 6.92 Å². The summed E-state index contributed by atoms with van der Waals surface area (Å²) in [6, 6.07) is -0.430. The fraction of sp³-hybridized carbons (Fsp3) is 0.583. The van der Waals surface area contributed by atoms with Gasteiger partial charge in [0.15, 0.2) is 5.69 Å². The van der Waals surface area contributed by atoms with Gasteiger partial charge in [-0.05, 0) is 20.3 Å². The Hall–Kier alpha value is -1.63. The van der Waals surface area contributed by atoms with Crippen LogP contribution in [0.2, 0.25) is 0 Å². The van der Waals surface area contributed by atoms with E-state index in [-0.39, 0.29) is 11.6 Å². The predicted molar refractivity (Wildman–Crippen MR) is 74.5 cm³/mol. The number of anilines is 1. The van der Waals surface area contributed by atoms with Crippen LogP contribution < -0.4 is 10.6 Å². The Bertz CT molecular complexity index is 434. The maximum Gasteiger partial charge on any atom is 0.360 e. The minimum absolute atomic E-state index is 0.106. The summed E-state index contributed by atoms with van der Waals surface area (Å²) in [5, 5.41) is 6.32. The highest BCUT2D eigenvalue weighted by atomic mass is 32.1. The summed E-state index contributed by atoms with van der Waals surface area (Å²) in [6.07, 6.45) is 0.882. The molecule has 6 nitrogen and oxygen atoms in total. The molecule has 1 unspecified atom stereocenters. The number of nitrogens with zero attached hydrogens (tertiary/aromatic N) is 1. The van der Waals surface area contributed by atoms with Crippen LogP contribution in [0.15, 0.2) is 5.51 Å². The standard InChI is InChI=1S/C12H19N3O3S/c1-4-6-13-10(16)8(3)15-11-9(14-7-19-11)12(17)18-5-2/h7-8,15H,4-6H2,1-3H3,(H,13,16). The number of carbonyl (C=O) groups is 2. The molecule has 1 atom stereocenters. The summed E-state index contributed by atoms with van der Waals surface area (Å²) < 4.78 is 4.90. The number of carbonyl (C=O) groups excluding carboxylic acids is 2. The number of amides is 1. The first kappa shape index (κ1) is 15.4. The second-order valence-corrected chi connectivity index (χ2v) is 4.76. The maximum absolute atomic E-state index is 11.7. The minimum atomic E-state index is -0.479. The van der Waals surface area contributed by atoms with Crippen molar-refractivity contribution in [3.63, 3.8) is 0 Å². The first-order valence-corrected chi connectivity index (χ1v) is 7.12. The van der Waals surface area contributed by atoms with Crippen molar-refractivity contribution in [1.29, 1.82) is 0 Å². The van der Waals surface area contributed by atoms with Crippen molar-refractivity contribution in [3.05, 3.63) is 11.2 Å². The van der Waals surface area contributed by atoms with E-state index < -0.39 is 12.0 Å². The molecule has 1 heterocycles. The summed E-state index contributed by atoms with van der Waals surface area (Å²) in [7, 11) is 0. The monoisotopic (exact) mass is 285 g/mol. The van der Waals surface area contributed by atoms with Crippen LogP contribution in [0, 0.1) is 0 Å². The van der Waals surface area contributed by atoms with Crippen LogP contribution in [0.1, 0.15) is 37.7 Å². The number of aromatic nitrogens is 1. The molecule has 0 aromatic carbocycles. The lowest BCUT2D eigenvalue weighted by Gasteiger charge is -2.14. The van der Waals surface area contributed by atoms with E-state index in [0.29, 0.717) is 18.2 Å². The van der Waals surface area contributed by atoms with Gasteiger partial charge in [0.05, 0.1) is 12.1 Å². The second-order valence-electron chi connectivity index (χ2n) is 3.91. The lowest BCUT2D eigenvalue weighted by molar-refractivity contribution is -0.121. The Morgan fingerprint density at radius 1 is 1.47 bits per heavy atom. The molecule has 0 aliphatic heterocycles. The molecule has 0 saturated heterocycles. The van der Waals surface area contributed by atoms with Crippen LogP contribution in [0.4, 0.5) is 5.00 Å². The quantitative estimate of drug-likeness (QED) is 0.745. The molecule has 1 amide bonds. The number of hydrogen-bond donors (Lipinski definition) is 2. The van der Waals surface area contributed by atoms with Gasteiger partial charge >= 0.3 is 5.97 Å². The van der Waals surface area contributed by atoms with Crippen molar-refractivity contribution in [2.24, 2.45) is 0 Å². The zero-order valence-electron chi connectivity index (χ0n) is 11.4. The highest BCUT2D eigenvalue weighted by molar-refractivity contribution is 7.14. The summed E-state index contributed by atoms with van der Waals surface area (Å²) in [6.45, 7) is 6.39. The third-order valence-electron chi connectivity index (χ3n) is 2.33. The summed E-state index contributed by atoms with van der Waals surface area (Å²) in [5.74, 6) is -0.586. The van der Waals surface area contributed by atoms with Crippen LogP contribution in [0.5, 0.6) is 0 Å². The molecule has 0 aliphatic rings. The number of esters is 1. The number of thiazole rings is 1. The SMILES string of the molecule is CCCNC(=O)C(C)Nc1scnc1C(=O)OCC. The third kappa shape index (κ3) is 4.51. The molecule has 1 aromatic rings. The zero-order chi connectivity index (χ0) is 14.3. The average Bonchev–Trinajstić information content (AvgIpc) is 2.84. The fourth-order valence-electron chi connectivity index (χ4n) is 1.36. The van der Waals surface area contributed by atoms with Gasteiger partial charge in [-0.1, -0.05) is 6.92 Å². The van der Waals surface area contributed by atoms with Gasteiger partial charge in [-0.2, -0.15) is 0 Å². The van der Waals surface area contributed by atoms with Crippen LogP contribution in [-0.4, -0.2) is 36.1 Å². The van der Waals surface area contributed by atoms with Crippen molar-refractivity contribution >= 4 is 28.2 Å². The van der Waals surface area contributed by atoms with Gasteiger partial charge in [-0.3, -0.25) is 4.79 Å². The van der Waals surface area contributed by atoms with Gasteiger partial charge in [0.25, 0.3) is 0 Å². The number of rotatable bonds is 7.